The van der Waals surface area contributed by atoms with Crippen LogP contribution in [0.15, 0.2) is 91.0 Å². The molecule has 3 nitrogen and oxygen atoms in total. The van der Waals surface area contributed by atoms with Gasteiger partial charge in [0, 0.05) is 5.97 Å². The van der Waals surface area contributed by atoms with Crippen LogP contribution in [0.3, 0.4) is 0 Å². The molecule has 0 aliphatic heterocycles. The average molecular weight is 364 g/mol. The second-order valence-electron chi connectivity index (χ2n) is 5.66. The van der Waals surface area contributed by atoms with Crippen molar-refractivity contribution in [1.29, 1.82) is 0 Å². The van der Waals surface area contributed by atoms with Crippen LogP contribution in [0.4, 0.5) is 0 Å². The first-order valence-corrected chi connectivity index (χ1v) is 10.2. The Labute approximate surface area is 154 Å². The third-order valence-corrected chi connectivity index (χ3v) is 8.18. The van der Waals surface area contributed by atoms with Gasteiger partial charge in [-0.25, -0.2) is 0 Å². The highest BCUT2D eigenvalue weighted by molar-refractivity contribution is 7.96. The van der Waals surface area contributed by atoms with E-state index in [1.165, 1.54) is 15.9 Å². The first-order valence-electron chi connectivity index (χ1n) is 8.27. The zero-order valence-electron chi connectivity index (χ0n) is 14.6. The average Bonchev–Trinajstić information content (AvgIpc) is 2.68. The summed E-state index contributed by atoms with van der Waals surface area (Å²) in [5.41, 5.74) is 0. The zero-order valence-corrected chi connectivity index (χ0v) is 15.5. The SMILES string of the molecule is CC(=O)[O-].O=CC[P+](c1ccccc1)(c1ccccc1)c1ccccc1. The summed E-state index contributed by atoms with van der Waals surface area (Å²) in [5, 5.41) is 12.6. The van der Waals surface area contributed by atoms with E-state index >= 15 is 0 Å². The van der Waals surface area contributed by atoms with Crippen molar-refractivity contribution < 1.29 is 14.7 Å². The third kappa shape index (κ3) is 4.65. The lowest BCUT2D eigenvalue weighted by molar-refractivity contribution is -0.302. The Morgan fingerprint density at radius 1 is 0.769 bits per heavy atom. The second kappa shape index (κ2) is 9.65. The number of carboxylic acid groups (broad SMARTS) is 1. The predicted molar refractivity (Wildman–Crippen MR) is 107 cm³/mol. The van der Waals surface area contributed by atoms with E-state index in [-0.39, 0.29) is 0 Å². The number of rotatable bonds is 5. The third-order valence-electron chi connectivity index (χ3n) is 3.94. The minimum Gasteiger partial charge on any atom is -0.550 e. The molecule has 0 bridgehead atoms. The van der Waals surface area contributed by atoms with Gasteiger partial charge in [0.15, 0.2) is 6.29 Å². The van der Waals surface area contributed by atoms with Gasteiger partial charge in [-0.15, -0.1) is 0 Å². The zero-order chi connectivity index (χ0) is 18.8. The van der Waals surface area contributed by atoms with Crippen molar-refractivity contribution in [1.82, 2.24) is 0 Å². The molecule has 0 heterocycles. The lowest BCUT2D eigenvalue weighted by Gasteiger charge is -2.25. The first-order chi connectivity index (χ1) is 12.6. The van der Waals surface area contributed by atoms with Crippen LogP contribution in [-0.2, 0) is 9.59 Å². The summed E-state index contributed by atoms with van der Waals surface area (Å²) >= 11 is 0. The molecule has 0 fully saturated rings. The molecule has 4 heteroatoms. The number of aldehydes is 1. The smallest absolute Gasteiger partial charge is 0.158 e. The fourth-order valence-corrected chi connectivity index (χ4v) is 6.72. The molecule has 3 aromatic carbocycles. The van der Waals surface area contributed by atoms with Gasteiger partial charge in [-0.05, 0) is 43.3 Å². The Morgan fingerprint density at radius 2 is 1.04 bits per heavy atom. The van der Waals surface area contributed by atoms with Crippen molar-refractivity contribution in [2.45, 2.75) is 6.92 Å². The molecule has 0 spiro atoms. The standard InChI is InChI=1S/C20H18OP.C2H4O2/c21-16-17-22(18-10-4-1-5-11-18,19-12-6-2-7-13-19)20-14-8-3-9-15-20;1-2(3)4/h1-16H,17H2;1H3,(H,3,4)/q+1;/p-1. The Bertz CT molecular complexity index is 717. The highest BCUT2D eigenvalue weighted by atomic mass is 31.2. The molecular formula is C22H21O3P. The summed E-state index contributed by atoms with van der Waals surface area (Å²) in [6.45, 7) is 0.972. The number of carboxylic acids is 1. The maximum atomic E-state index is 11.6. The Morgan fingerprint density at radius 3 is 1.27 bits per heavy atom. The molecule has 0 aliphatic rings. The summed E-state index contributed by atoms with van der Waals surface area (Å²) in [7, 11) is -1.92. The van der Waals surface area contributed by atoms with E-state index in [0.29, 0.717) is 6.16 Å². The molecule has 0 unspecified atom stereocenters. The molecule has 0 radical (unpaired) electrons. The fraction of sp³-hybridized carbons (Fsp3) is 0.0909. The molecule has 26 heavy (non-hydrogen) atoms. The summed E-state index contributed by atoms with van der Waals surface area (Å²) in [6, 6.07) is 31.3. The number of carbonyl (C=O) groups excluding carboxylic acids is 2. The molecule has 3 rings (SSSR count). The molecular weight excluding hydrogens is 343 g/mol. The maximum absolute atomic E-state index is 11.6. The van der Waals surface area contributed by atoms with Crippen molar-refractivity contribution in [3.63, 3.8) is 0 Å². The van der Waals surface area contributed by atoms with Crippen LogP contribution >= 0.6 is 7.26 Å². The van der Waals surface area contributed by atoms with Crippen molar-refractivity contribution in [2.75, 3.05) is 6.16 Å². The normalized spacial score (nSPS) is 10.3. The second-order valence-corrected chi connectivity index (χ2v) is 9.19. The minimum absolute atomic E-state index is 0.533. The number of benzene rings is 3. The van der Waals surface area contributed by atoms with E-state index < -0.39 is 13.2 Å². The van der Waals surface area contributed by atoms with Crippen LogP contribution in [0.25, 0.3) is 0 Å². The van der Waals surface area contributed by atoms with Crippen molar-refractivity contribution in [3.05, 3.63) is 91.0 Å². The molecule has 0 aliphatic carbocycles. The molecule has 0 N–H and O–H groups in total. The minimum atomic E-state index is -1.92. The predicted octanol–water partition coefficient (Wildman–Crippen LogP) is 1.94. The van der Waals surface area contributed by atoms with Gasteiger partial charge in [-0.1, -0.05) is 54.6 Å². The van der Waals surface area contributed by atoms with Gasteiger partial charge < -0.3 is 9.90 Å². The summed E-state index contributed by atoms with van der Waals surface area (Å²) < 4.78 is 0. The Hall–Kier alpha value is -2.77. The number of hydrogen-bond donors (Lipinski definition) is 0. The van der Waals surface area contributed by atoms with Crippen molar-refractivity contribution >= 4 is 35.4 Å². The molecule has 3 aromatic rings. The maximum Gasteiger partial charge on any atom is 0.158 e. The molecule has 0 aromatic heterocycles. The first kappa shape index (κ1) is 19.6. The van der Waals surface area contributed by atoms with E-state index in [9.17, 15) is 4.79 Å². The number of carbonyl (C=O) groups is 2. The topological polar surface area (TPSA) is 57.2 Å². The molecule has 0 saturated heterocycles. The fourth-order valence-electron chi connectivity index (χ4n) is 2.92. The lowest BCUT2D eigenvalue weighted by atomic mass is 10.4. The van der Waals surface area contributed by atoms with Crippen LogP contribution in [0, 0.1) is 0 Å². The highest BCUT2D eigenvalue weighted by Crippen LogP contribution is 2.54. The van der Waals surface area contributed by atoms with Crippen LogP contribution in [-0.4, -0.2) is 18.4 Å². The van der Waals surface area contributed by atoms with Gasteiger partial charge in [-0.3, -0.25) is 4.79 Å². The van der Waals surface area contributed by atoms with Crippen LogP contribution in [0.1, 0.15) is 6.92 Å². The lowest BCUT2D eigenvalue weighted by Crippen LogP contribution is -2.33. The number of hydrogen-bond acceptors (Lipinski definition) is 3. The number of aliphatic carboxylic acids is 1. The molecule has 0 amide bonds. The van der Waals surface area contributed by atoms with Crippen LogP contribution < -0.4 is 21.0 Å². The summed E-state index contributed by atoms with van der Waals surface area (Å²) in [4.78, 5) is 20.5. The Kier molecular flexibility index (Phi) is 7.25. The summed E-state index contributed by atoms with van der Waals surface area (Å²) in [6.07, 6.45) is 1.60. The largest absolute Gasteiger partial charge is 0.550 e. The monoisotopic (exact) mass is 364 g/mol. The van der Waals surface area contributed by atoms with E-state index in [0.717, 1.165) is 13.2 Å². The Balaban J connectivity index is 0.000000552. The van der Waals surface area contributed by atoms with Crippen molar-refractivity contribution in [2.24, 2.45) is 0 Å². The van der Waals surface area contributed by atoms with Gasteiger partial charge in [0.25, 0.3) is 0 Å². The highest BCUT2D eigenvalue weighted by Gasteiger charge is 2.44. The van der Waals surface area contributed by atoms with E-state index in [2.05, 4.69) is 72.8 Å². The van der Waals surface area contributed by atoms with Gasteiger partial charge >= 0.3 is 0 Å². The molecule has 0 saturated carbocycles. The molecule has 132 valence electrons. The summed E-state index contributed by atoms with van der Waals surface area (Å²) in [5.74, 6) is -1.08. The van der Waals surface area contributed by atoms with Gasteiger partial charge in [0.2, 0.25) is 0 Å². The van der Waals surface area contributed by atoms with Gasteiger partial charge in [-0.2, -0.15) is 0 Å². The molecule has 0 atom stereocenters. The quantitative estimate of drug-likeness (QED) is 0.514. The van der Waals surface area contributed by atoms with E-state index in [4.69, 9.17) is 9.90 Å². The van der Waals surface area contributed by atoms with Crippen LogP contribution in [0.5, 0.6) is 0 Å². The van der Waals surface area contributed by atoms with E-state index in [1.54, 1.807) is 0 Å². The van der Waals surface area contributed by atoms with E-state index in [1.807, 2.05) is 18.2 Å². The van der Waals surface area contributed by atoms with Gasteiger partial charge in [0.05, 0.1) is 0 Å². The van der Waals surface area contributed by atoms with Crippen molar-refractivity contribution in [3.8, 4) is 0 Å². The van der Waals surface area contributed by atoms with Gasteiger partial charge in [0.1, 0.15) is 29.3 Å². The van der Waals surface area contributed by atoms with Crippen LogP contribution in [0.2, 0.25) is 0 Å².